The molecule has 0 bridgehead atoms. The van der Waals surface area contributed by atoms with Gasteiger partial charge in [-0.05, 0) is 12.8 Å². The fraction of sp³-hybridized carbons (Fsp3) is 0.375. The van der Waals surface area contributed by atoms with Crippen LogP contribution < -0.4 is 4.90 Å². The van der Waals surface area contributed by atoms with Crippen molar-refractivity contribution in [3.63, 3.8) is 0 Å². The van der Waals surface area contributed by atoms with Crippen molar-refractivity contribution in [2.24, 2.45) is 0 Å². The quantitative estimate of drug-likeness (QED) is 0.592. The average molecular weight is 148 g/mol. The molecule has 0 unspecified atom stereocenters. The lowest BCUT2D eigenvalue weighted by Gasteiger charge is -2.15. The first-order chi connectivity index (χ1) is 5.47. The van der Waals surface area contributed by atoms with Crippen LogP contribution in [0.4, 0.5) is 5.69 Å². The first-order valence-corrected chi connectivity index (χ1v) is 3.78. The summed E-state index contributed by atoms with van der Waals surface area (Å²) in [6.45, 7) is 2.14. The van der Waals surface area contributed by atoms with Gasteiger partial charge in [0.2, 0.25) is 0 Å². The van der Waals surface area contributed by atoms with Crippen molar-refractivity contribution >= 4 is 5.69 Å². The van der Waals surface area contributed by atoms with Gasteiger partial charge >= 0.3 is 0 Å². The SMILES string of the molecule is [CH]1CCN(c2cncnc2)C1. The Morgan fingerprint density at radius 3 is 2.73 bits per heavy atom. The van der Waals surface area contributed by atoms with Gasteiger partial charge in [-0.2, -0.15) is 0 Å². The summed E-state index contributed by atoms with van der Waals surface area (Å²) >= 11 is 0. The molecule has 1 aliphatic rings. The Morgan fingerprint density at radius 1 is 1.27 bits per heavy atom. The third-order valence-electron chi connectivity index (χ3n) is 1.86. The summed E-state index contributed by atoms with van der Waals surface area (Å²) in [6.07, 6.45) is 8.71. The predicted molar refractivity (Wildman–Crippen MR) is 43.2 cm³/mol. The molecular weight excluding hydrogens is 138 g/mol. The maximum Gasteiger partial charge on any atom is 0.115 e. The van der Waals surface area contributed by atoms with Crippen LogP contribution >= 0.6 is 0 Å². The molecule has 1 aromatic heterocycles. The maximum absolute atomic E-state index is 3.96. The van der Waals surface area contributed by atoms with E-state index < -0.39 is 0 Å². The smallest absolute Gasteiger partial charge is 0.115 e. The van der Waals surface area contributed by atoms with Crippen LogP contribution in [0, 0.1) is 6.42 Å². The van der Waals surface area contributed by atoms with Crippen LogP contribution in [-0.4, -0.2) is 23.1 Å². The van der Waals surface area contributed by atoms with Crippen molar-refractivity contribution in [2.75, 3.05) is 18.0 Å². The van der Waals surface area contributed by atoms with Gasteiger partial charge in [-0.3, -0.25) is 0 Å². The summed E-state index contributed by atoms with van der Waals surface area (Å²) in [4.78, 5) is 10.2. The van der Waals surface area contributed by atoms with Gasteiger partial charge in [-0.1, -0.05) is 0 Å². The number of hydrogen-bond acceptors (Lipinski definition) is 3. The molecule has 1 aliphatic heterocycles. The Kier molecular flexibility index (Phi) is 1.71. The van der Waals surface area contributed by atoms with Gasteiger partial charge in [0, 0.05) is 13.1 Å². The van der Waals surface area contributed by atoms with Crippen LogP contribution in [0.1, 0.15) is 6.42 Å². The zero-order valence-corrected chi connectivity index (χ0v) is 6.27. The number of nitrogens with zero attached hydrogens (tertiary/aromatic N) is 3. The Labute approximate surface area is 66.1 Å². The summed E-state index contributed by atoms with van der Waals surface area (Å²) in [6, 6.07) is 0. The van der Waals surface area contributed by atoms with E-state index in [1.165, 1.54) is 6.42 Å². The lowest BCUT2D eigenvalue weighted by Crippen LogP contribution is -2.17. The second-order valence-corrected chi connectivity index (χ2v) is 2.62. The second kappa shape index (κ2) is 2.86. The lowest BCUT2D eigenvalue weighted by molar-refractivity contribution is 0.949. The van der Waals surface area contributed by atoms with E-state index in [2.05, 4.69) is 21.3 Å². The van der Waals surface area contributed by atoms with Crippen LogP contribution in [0.15, 0.2) is 18.7 Å². The second-order valence-electron chi connectivity index (χ2n) is 2.62. The molecule has 0 aromatic carbocycles. The molecular formula is C8H10N3. The molecule has 0 spiro atoms. The van der Waals surface area contributed by atoms with Crippen LogP contribution in [0.2, 0.25) is 0 Å². The molecule has 3 heteroatoms. The molecule has 0 saturated carbocycles. The van der Waals surface area contributed by atoms with Crippen molar-refractivity contribution in [3.05, 3.63) is 25.1 Å². The standard InChI is InChI=1S/C8H10N3/c1-2-4-11(3-1)8-5-9-7-10-6-8/h1,5-7H,2-4H2. The lowest BCUT2D eigenvalue weighted by atomic mass is 10.4. The van der Waals surface area contributed by atoms with E-state index >= 15 is 0 Å². The predicted octanol–water partition coefficient (Wildman–Crippen LogP) is 0.891. The molecule has 0 amide bonds. The van der Waals surface area contributed by atoms with Crippen molar-refractivity contribution in [3.8, 4) is 0 Å². The molecule has 57 valence electrons. The summed E-state index contributed by atoms with van der Waals surface area (Å²) in [5.41, 5.74) is 1.13. The van der Waals surface area contributed by atoms with E-state index in [9.17, 15) is 0 Å². The molecule has 1 fully saturated rings. The average Bonchev–Trinajstić information content (AvgIpc) is 2.58. The molecule has 1 saturated heterocycles. The van der Waals surface area contributed by atoms with Gasteiger partial charge in [0.1, 0.15) is 6.33 Å². The first-order valence-electron chi connectivity index (χ1n) is 3.78. The summed E-state index contributed by atoms with van der Waals surface area (Å²) in [5, 5.41) is 0. The highest BCUT2D eigenvalue weighted by molar-refractivity contribution is 5.43. The Bertz CT molecular complexity index is 216. The third kappa shape index (κ3) is 1.31. The summed E-state index contributed by atoms with van der Waals surface area (Å²) in [7, 11) is 0. The van der Waals surface area contributed by atoms with Crippen LogP contribution in [0.5, 0.6) is 0 Å². The fourth-order valence-electron chi connectivity index (χ4n) is 1.27. The minimum atomic E-state index is 1.04. The van der Waals surface area contributed by atoms with Crippen molar-refractivity contribution in [2.45, 2.75) is 6.42 Å². The molecule has 2 rings (SSSR count). The molecule has 3 nitrogen and oxygen atoms in total. The molecule has 0 N–H and O–H groups in total. The van der Waals surface area contributed by atoms with Gasteiger partial charge in [0.25, 0.3) is 0 Å². The molecule has 1 aromatic rings. The minimum Gasteiger partial charge on any atom is -0.369 e. The van der Waals surface area contributed by atoms with E-state index in [0.717, 1.165) is 18.8 Å². The van der Waals surface area contributed by atoms with E-state index in [0.29, 0.717) is 0 Å². The highest BCUT2D eigenvalue weighted by Gasteiger charge is 2.11. The third-order valence-corrected chi connectivity index (χ3v) is 1.86. The van der Waals surface area contributed by atoms with E-state index in [-0.39, 0.29) is 0 Å². The van der Waals surface area contributed by atoms with Crippen LogP contribution in [0.25, 0.3) is 0 Å². The van der Waals surface area contributed by atoms with Crippen molar-refractivity contribution in [1.82, 2.24) is 9.97 Å². The topological polar surface area (TPSA) is 29.0 Å². The minimum absolute atomic E-state index is 1.04. The highest BCUT2D eigenvalue weighted by Crippen LogP contribution is 2.16. The Balaban J connectivity index is 2.16. The van der Waals surface area contributed by atoms with Crippen LogP contribution in [0.3, 0.4) is 0 Å². The number of rotatable bonds is 1. The largest absolute Gasteiger partial charge is 0.369 e. The van der Waals surface area contributed by atoms with Crippen molar-refractivity contribution in [1.29, 1.82) is 0 Å². The zero-order valence-electron chi connectivity index (χ0n) is 6.27. The molecule has 0 aliphatic carbocycles. The van der Waals surface area contributed by atoms with E-state index in [1.807, 2.05) is 12.4 Å². The normalized spacial score (nSPS) is 17.3. The van der Waals surface area contributed by atoms with Crippen LogP contribution in [-0.2, 0) is 0 Å². The monoisotopic (exact) mass is 148 g/mol. The van der Waals surface area contributed by atoms with Gasteiger partial charge in [-0.25, -0.2) is 9.97 Å². The summed E-state index contributed by atoms with van der Waals surface area (Å²) < 4.78 is 0. The first kappa shape index (κ1) is 6.58. The molecule has 0 atom stereocenters. The fourth-order valence-corrected chi connectivity index (χ4v) is 1.27. The highest BCUT2D eigenvalue weighted by atomic mass is 15.2. The van der Waals surface area contributed by atoms with E-state index in [4.69, 9.17) is 0 Å². The maximum atomic E-state index is 3.96. The number of anilines is 1. The zero-order chi connectivity index (χ0) is 7.52. The Hall–Kier alpha value is -1.12. The van der Waals surface area contributed by atoms with Crippen molar-refractivity contribution < 1.29 is 0 Å². The summed E-state index contributed by atoms with van der Waals surface area (Å²) in [5.74, 6) is 0. The Morgan fingerprint density at radius 2 is 2.09 bits per heavy atom. The number of aromatic nitrogens is 2. The molecule has 11 heavy (non-hydrogen) atoms. The van der Waals surface area contributed by atoms with Gasteiger partial charge in [0.15, 0.2) is 0 Å². The van der Waals surface area contributed by atoms with Gasteiger partial charge in [0.05, 0.1) is 18.1 Å². The number of hydrogen-bond donors (Lipinski definition) is 0. The molecule has 2 heterocycles. The van der Waals surface area contributed by atoms with Gasteiger partial charge < -0.3 is 4.90 Å². The molecule has 1 radical (unpaired) electrons. The van der Waals surface area contributed by atoms with Gasteiger partial charge in [-0.15, -0.1) is 0 Å². The van der Waals surface area contributed by atoms with E-state index in [1.54, 1.807) is 6.33 Å².